The van der Waals surface area contributed by atoms with E-state index >= 15 is 0 Å². The van der Waals surface area contributed by atoms with Crippen LogP contribution < -0.4 is 14.4 Å². The number of hydrogen-bond acceptors (Lipinski definition) is 3. The lowest BCUT2D eigenvalue weighted by Crippen LogP contribution is -2.22. The molecule has 0 spiro atoms. The van der Waals surface area contributed by atoms with Gasteiger partial charge in [-0.3, -0.25) is 9.69 Å². The summed E-state index contributed by atoms with van der Waals surface area (Å²) in [6.45, 7) is 0.162. The molecular weight excluding hydrogens is 261 g/mol. The zero-order valence-electron chi connectivity index (χ0n) is 10.4. The highest BCUT2D eigenvalue weighted by molar-refractivity contribution is 6.09. The van der Waals surface area contributed by atoms with Crippen LogP contribution in [0.5, 0.6) is 11.5 Å². The third kappa shape index (κ3) is 1.43. The smallest absolute Gasteiger partial charge is 0.270 e. The van der Waals surface area contributed by atoms with E-state index in [9.17, 15) is 9.18 Å². The Labute approximate surface area is 114 Å². The van der Waals surface area contributed by atoms with Gasteiger partial charge < -0.3 is 9.47 Å². The summed E-state index contributed by atoms with van der Waals surface area (Å²) in [6.07, 6.45) is -1.61. The van der Waals surface area contributed by atoms with Crippen LogP contribution in [0.3, 0.4) is 0 Å². The largest absolute Gasteiger partial charge is 0.454 e. The van der Waals surface area contributed by atoms with Crippen molar-refractivity contribution in [2.45, 2.75) is 6.17 Å². The molecule has 100 valence electrons. The van der Waals surface area contributed by atoms with E-state index in [-0.39, 0.29) is 6.79 Å². The van der Waals surface area contributed by atoms with Crippen molar-refractivity contribution in [2.24, 2.45) is 0 Å². The SMILES string of the molecule is O=C1C(F)c2ccccc2N1c1ccc2c(c1)OCO2. The molecule has 2 aromatic carbocycles. The fourth-order valence-corrected chi connectivity index (χ4v) is 2.56. The molecule has 0 bridgehead atoms. The van der Waals surface area contributed by atoms with Gasteiger partial charge in [0.2, 0.25) is 13.0 Å². The van der Waals surface area contributed by atoms with E-state index in [2.05, 4.69) is 0 Å². The maximum atomic E-state index is 14.1. The summed E-state index contributed by atoms with van der Waals surface area (Å²) < 4.78 is 24.6. The number of alkyl halides is 1. The molecule has 0 radical (unpaired) electrons. The van der Waals surface area contributed by atoms with Crippen molar-refractivity contribution >= 4 is 17.3 Å². The number of amides is 1. The van der Waals surface area contributed by atoms with Gasteiger partial charge in [0.1, 0.15) is 0 Å². The van der Waals surface area contributed by atoms with Gasteiger partial charge in [-0.25, -0.2) is 4.39 Å². The summed E-state index contributed by atoms with van der Waals surface area (Å²) in [5.74, 6) is 0.616. The Morgan fingerprint density at radius 2 is 1.90 bits per heavy atom. The minimum atomic E-state index is -1.61. The Hall–Kier alpha value is -2.56. The molecule has 2 aliphatic rings. The van der Waals surface area contributed by atoms with E-state index in [1.165, 1.54) is 4.90 Å². The van der Waals surface area contributed by atoms with E-state index in [4.69, 9.17) is 9.47 Å². The molecular formula is C15H10FNO3. The molecule has 0 N–H and O–H groups in total. The number of nitrogens with zero attached hydrogens (tertiary/aromatic N) is 1. The molecule has 0 saturated carbocycles. The number of carbonyl (C=O) groups excluding carboxylic acids is 1. The summed E-state index contributed by atoms with van der Waals surface area (Å²) in [5.41, 5.74) is 1.55. The van der Waals surface area contributed by atoms with Crippen LogP contribution in [-0.4, -0.2) is 12.7 Å². The highest BCUT2D eigenvalue weighted by atomic mass is 19.1. The van der Waals surface area contributed by atoms with Crippen LogP contribution in [0.2, 0.25) is 0 Å². The number of benzene rings is 2. The molecule has 2 aliphatic heterocycles. The molecule has 0 saturated heterocycles. The topological polar surface area (TPSA) is 38.8 Å². The van der Waals surface area contributed by atoms with Crippen LogP contribution in [-0.2, 0) is 4.79 Å². The molecule has 20 heavy (non-hydrogen) atoms. The normalized spacial score (nSPS) is 19.4. The minimum Gasteiger partial charge on any atom is -0.454 e. The van der Waals surface area contributed by atoms with Gasteiger partial charge in [0.05, 0.1) is 11.4 Å². The number of fused-ring (bicyclic) bond motifs is 2. The van der Waals surface area contributed by atoms with Gasteiger partial charge in [-0.05, 0) is 18.2 Å². The summed E-state index contributed by atoms with van der Waals surface area (Å²) >= 11 is 0. The average Bonchev–Trinajstić information content (AvgIpc) is 3.03. The average molecular weight is 271 g/mol. The molecule has 1 amide bonds. The first kappa shape index (κ1) is 11.3. The molecule has 2 heterocycles. The second-order valence-corrected chi connectivity index (χ2v) is 4.63. The van der Waals surface area contributed by atoms with Crippen molar-refractivity contribution in [1.82, 2.24) is 0 Å². The van der Waals surface area contributed by atoms with Crippen LogP contribution in [0.15, 0.2) is 42.5 Å². The molecule has 4 rings (SSSR count). The Balaban J connectivity index is 1.84. The van der Waals surface area contributed by atoms with Gasteiger partial charge in [0, 0.05) is 11.6 Å². The fraction of sp³-hybridized carbons (Fsp3) is 0.133. The van der Waals surface area contributed by atoms with Crippen molar-refractivity contribution in [1.29, 1.82) is 0 Å². The lowest BCUT2D eigenvalue weighted by atomic mass is 10.1. The standard InChI is InChI=1S/C15H10FNO3/c16-14-10-3-1-2-4-11(10)17(15(14)18)9-5-6-12-13(7-9)20-8-19-12/h1-7,14H,8H2. The molecule has 2 aromatic rings. The Kier molecular flexibility index (Phi) is 2.24. The maximum Gasteiger partial charge on any atom is 0.270 e. The summed E-state index contributed by atoms with van der Waals surface area (Å²) in [5, 5.41) is 0. The Bertz CT molecular complexity index is 716. The van der Waals surface area contributed by atoms with Crippen LogP contribution in [0.1, 0.15) is 11.7 Å². The predicted octanol–water partition coefficient (Wildman–Crippen LogP) is 3.10. The zero-order valence-corrected chi connectivity index (χ0v) is 10.4. The van der Waals surface area contributed by atoms with Crippen molar-refractivity contribution in [2.75, 3.05) is 11.7 Å². The summed E-state index contributed by atoms with van der Waals surface area (Å²) in [6, 6.07) is 12.0. The molecule has 0 aromatic heterocycles. The molecule has 1 atom stereocenters. The first-order valence-electron chi connectivity index (χ1n) is 6.22. The number of ether oxygens (including phenoxy) is 2. The lowest BCUT2D eigenvalue weighted by molar-refractivity contribution is -0.121. The fourth-order valence-electron chi connectivity index (χ4n) is 2.56. The number of anilines is 2. The molecule has 0 aliphatic carbocycles. The third-order valence-corrected chi connectivity index (χ3v) is 3.50. The second-order valence-electron chi connectivity index (χ2n) is 4.63. The first-order valence-corrected chi connectivity index (χ1v) is 6.22. The van der Waals surface area contributed by atoms with Gasteiger partial charge in [0.15, 0.2) is 11.5 Å². The number of para-hydroxylation sites is 1. The van der Waals surface area contributed by atoms with Gasteiger partial charge in [-0.1, -0.05) is 18.2 Å². The van der Waals surface area contributed by atoms with E-state index in [1.54, 1.807) is 42.5 Å². The van der Waals surface area contributed by atoms with Gasteiger partial charge in [-0.2, -0.15) is 0 Å². The van der Waals surface area contributed by atoms with E-state index < -0.39 is 12.1 Å². The summed E-state index contributed by atoms with van der Waals surface area (Å²) in [4.78, 5) is 13.5. The minimum absolute atomic E-state index is 0.162. The Morgan fingerprint density at radius 3 is 2.80 bits per heavy atom. The van der Waals surface area contributed by atoms with Crippen molar-refractivity contribution in [3.8, 4) is 11.5 Å². The van der Waals surface area contributed by atoms with E-state index in [0.717, 1.165) is 0 Å². The third-order valence-electron chi connectivity index (χ3n) is 3.50. The van der Waals surface area contributed by atoms with E-state index in [0.29, 0.717) is 28.4 Å². The van der Waals surface area contributed by atoms with Crippen LogP contribution in [0.4, 0.5) is 15.8 Å². The number of carbonyl (C=O) groups is 1. The van der Waals surface area contributed by atoms with Crippen LogP contribution in [0.25, 0.3) is 0 Å². The molecule has 4 nitrogen and oxygen atoms in total. The molecule has 0 fully saturated rings. The quantitative estimate of drug-likeness (QED) is 0.800. The lowest BCUT2D eigenvalue weighted by Gasteiger charge is -2.17. The molecule has 1 unspecified atom stereocenters. The monoisotopic (exact) mass is 271 g/mol. The van der Waals surface area contributed by atoms with Crippen LogP contribution >= 0.6 is 0 Å². The number of halogens is 1. The van der Waals surface area contributed by atoms with Crippen molar-refractivity contribution < 1.29 is 18.7 Å². The zero-order chi connectivity index (χ0) is 13.7. The highest BCUT2D eigenvalue weighted by Crippen LogP contribution is 2.44. The number of hydrogen-bond donors (Lipinski definition) is 0. The van der Waals surface area contributed by atoms with E-state index in [1.807, 2.05) is 0 Å². The number of rotatable bonds is 1. The van der Waals surface area contributed by atoms with Gasteiger partial charge >= 0.3 is 0 Å². The van der Waals surface area contributed by atoms with Crippen molar-refractivity contribution in [3.05, 3.63) is 48.0 Å². The highest BCUT2D eigenvalue weighted by Gasteiger charge is 2.38. The van der Waals surface area contributed by atoms with Crippen LogP contribution in [0, 0.1) is 0 Å². The molecule has 5 heteroatoms. The van der Waals surface area contributed by atoms with Crippen molar-refractivity contribution in [3.63, 3.8) is 0 Å². The van der Waals surface area contributed by atoms with Gasteiger partial charge in [0.25, 0.3) is 5.91 Å². The Morgan fingerprint density at radius 1 is 1.10 bits per heavy atom. The maximum absolute atomic E-state index is 14.1. The van der Waals surface area contributed by atoms with Gasteiger partial charge in [-0.15, -0.1) is 0 Å². The summed E-state index contributed by atoms with van der Waals surface area (Å²) in [7, 11) is 0. The first-order chi connectivity index (χ1) is 9.75. The predicted molar refractivity (Wildman–Crippen MR) is 70.0 cm³/mol. The second kappa shape index (κ2) is 3.96.